The van der Waals surface area contributed by atoms with Crippen molar-refractivity contribution in [2.75, 3.05) is 7.11 Å². The second-order valence-corrected chi connectivity index (χ2v) is 2.14. The summed E-state index contributed by atoms with van der Waals surface area (Å²) in [5, 5.41) is 0.705. The first-order chi connectivity index (χ1) is 4.34. The zero-order valence-electron chi connectivity index (χ0n) is 5.10. The van der Waals surface area contributed by atoms with E-state index in [1.165, 1.54) is 0 Å². The van der Waals surface area contributed by atoms with Crippen LogP contribution in [-0.4, -0.2) is 13.2 Å². The molecule has 0 amide bonds. The molecule has 2 heteroatoms. The third-order valence-corrected chi connectivity index (χ3v) is 1.45. The maximum absolute atomic E-state index is 5.72. The van der Waals surface area contributed by atoms with Crippen LogP contribution in [0, 0.1) is 0 Å². The van der Waals surface area contributed by atoms with Gasteiger partial charge < -0.3 is 4.74 Å². The first-order valence-electron chi connectivity index (χ1n) is 2.65. The molecule has 9 heavy (non-hydrogen) atoms. The highest BCUT2D eigenvalue weighted by Gasteiger charge is 2.06. The van der Waals surface area contributed by atoms with Gasteiger partial charge in [0, 0.05) is 7.11 Å². The molecule has 0 aliphatic heterocycles. The Hall–Kier alpha value is -0.490. The van der Waals surface area contributed by atoms with Gasteiger partial charge in [0.1, 0.15) is 6.10 Å². The second kappa shape index (κ2) is 2.88. The Bertz CT molecular complexity index is 187. The van der Waals surface area contributed by atoms with E-state index in [0.29, 0.717) is 5.03 Å². The van der Waals surface area contributed by atoms with Gasteiger partial charge in [-0.25, -0.2) is 0 Å². The van der Waals surface area contributed by atoms with Gasteiger partial charge in [-0.05, 0) is 18.2 Å². The second-order valence-electron chi connectivity index (χ2n) is 1.71. The van der Waals surface area contributed by atoms with E-state index >= 15 is 0 Å². The Morgan fingerprint density at radius 2 is 2.56 bits per heavy atom. The van der Waals surface area contributed by atoms with E-state index in [-0.39, 0.29) is 6.10 Å². The number of hydrogen-bond acceptors (Lipinski definition) is 1. The van der Waals surface area contributed by atoms with E-state index in [4.69, 9.17) is 16.3 Å². The fourth-order valence-corrected chi connectivity index (χ4v) is 0.841. The molecule has 1 atom stereocenters. The topological polar surface area (TPSA) is 9.23 Å². The van der Waals surface area contributed by atoms with Crippen molar-refractivity contribution in [1.29, 1.82) is 0 Å². The molecule has 0 aromatic carbocycles. The van der Waals surface area contributed by atoms with Crippen LogP contribution in [-0.2, 0) is 4.74 Å². The van der Waals surface area contributed by atoms with Crippen molar-refractivity contribution in [2.24, 2.45) is 0 Å². The molecule has 48 valence electrons. The first-order valence-corrected chi connectivity index (χ1v) is 3.03. The molecule has 1 unspecified atom stereocenters. The first kappa shape index (κ1) is 6.63. The van der Waals surface area contributed by atoms with Crippen molar-refractivity contribution in [3.8, 4) is 0 Å². The molecule has 0 spiro atoms. The Labute approximate surface area is 59.3 Å². The number of ether oxygens (including phenoxy) is 1. The molecule has 0 radical (unpaired) electrons. The number of methoxy groups -OCH3 is 1. The quantitative estimate of drug-likeness (QED) is 0.508. The molecule has 1 aliphatic carbocycles. The van der Waals surface area contributed by atoms with Crippen LogP contribution in [0.4, 0.5) is 0 Å². The molecule has 0 saturated heterocycles. The van der Waals surface area contributed by atoms with Gasteiger partial charge in [-0.2, -0.15) is 0 Å². The lowest BCUT2D eigenvalue weighted by atomic mass is 10.2. The van der Waals surface area contributed by atoms with Crippen LogP contribution >= 0.6 is 11.6 Å². The predicted molar refractivity (Wildman–Crippen MR) is 37.4 cm³/mol. The summed E-state index contributed by atoms with van der Waals surface area (Å²) in [5.74, 6) is 0. The lowest BCUT2D eigenvalue weighted by molar-refractivity contribution is 0.174. The minimum absolute atomic E-state index is 0.0864. The zero-order valence-corrected chi connectivity index (χ0v) is 5.85. The number of halogens is 1. The fraction of sp³-hybridized carbons (Fsp3) is 0.286. The summed E-state index contributed by atoms with van der Waals surface area (Å²) in [5.41, 5.74) is 2.88. The normalized spacial score (nSPS) is 24.2. The van der Waals surface area contributed by atoms with Crippen molar-refractivity contribution < 1.29 is 4.74 Å². The molecule has 0 fully saturated rings. The van der Waals surface area contributed by atoms with Gasteiger partial charge in [0.2, 0.25) is 0 Å². The van der Waals surface area contributed by atoms with Gasteiger partial charge in [-0.3, -0.25) is 0 Å². The smallest absolute Gasteiger partial charge is 0.118 e. The van der Waals surface area contributed by atoms with Crippen LogP contribution in [0.1, 0.15) is 0 Å². The average Bonchev–Trinajstić information content (AvgIpc) is 1.89. The monoisotopic (exact) mass is 142 g/mol. The van der Waals surface area contributed by atoms with E-state index in [2.05, 4.69) is 5.73 Å². The highest BCUT2D eigenvalue weighted by atomic mass is 35.5. The summed E-state index contributed by atoms with van der Waals surface area (Å²) < 4.78 is 4.97. The minimum Gasteiger partial charge on any atom is -0.371 e. The lowest BCUT2D eigenvalue weighted by Crippen LogP contribution is -2.07. The van der Waals surface area contributed by atoms with Crippen LogP contribution < -0.4 is 0 Å². The van der Waals surface area contributed by atoms with Crippen LogP contribution in [0.5, 0.6) is 0 Å². The van der Waals surface area contributed by atoms with Gasteiger partial charge in [-0.15, -0.1) is 5.73 Å². The molecule has 0 bridgehead atoms. The van der Waals surface area contributed by atoms with Crippen LogP contribution in [0.2, 0.25) is 0 Å². The van der Waals surface area contributed by atoms with Gasteiger partial charge in [0.15, 0.2) is 0 Å². The van der Waals surface area contributed by atoms with E-state index in [9.17, 15) is 0 Å². The largest absolute Gasteiger partial charge is 0.371 e. The fourth-order valence-electron chi connectivity index (χ4n) is 0.626. The third-order valence-electron chi connectivity index (χ3n) is 1.11. The molecule has 0 saturated carbocycles. The molecule has 0 aromatic rings. The molecular formula is C7H7ClO. The van der Waals surface area contributed by atoms with Gasteiger partial charge in [0.05, 0.1) is 5.03 Å². The average molecular weight is 143 g/mol. The Balaban J connectivity index is 2.76. The Morgan fingerprint density at radius 1 is 1.78 bits per heavy atom. The summed E-state index contributed by atoms with van der Waals surface area (Å²) in [6, 6.07) is 0. The van der Waals surface area contributed by atoms with Crippen LogP contribution in [0.15, 0.2) is 29.0 Å². The minimum atomic E-state index is -0.0864. The molecular weight excluding hydrogens is 136 g/mol. The summed E-state index contributed by atoms with van der Waals surface area (Å²) in [6.07, 6.45) is 5.23. The van der Waals surface area contributed by atoms with Crippen molar-refractivity contribution in [1.82, 2.24) is 0 Å². The molecule has 0 N–H and O–H groups in total. The Kier molecular flexibility index (Phi) is 2.12. The molecule has 0 heterocycles. The lowest BCUT2D eigenvalue weighted by Gasteiger charge is -2.08. The van der Waals surface area contributed by atoms with E-state index in [1.54, 1.807) is 25.3 Å². The summed E-state index contributed by atoms with van der Waals surface area (Å²) in [6.45, 7) is 0. The van der Waals surface area contributed by atoms with Crippen LogP contribution in [0.25, 0.3) is 0 Å². The molecule has 1 nitrogen and oxygen atoms in total. The number of rotatable bonds is 1. The maximum atomic E-state index is 5.72. The van der Waals surface area contributed by atoms with Crippen LogP contribution in [0.3, 0.4) is 0 Å². The van der Waals surface area contributed by atoms with Gasteiger partial charge in [0.25, 0.3) is 0 Å². The molecule has 1 rings (SSSR count). The highest BCUT2D eigenvalue weighted by Crippen LogP contribution is 2.14. The molecule has 0 aromatic heterocycles. The summed E-state index contributed by atoms with van der Waals surface area (Å²) >= 11 is 5.72. The van der Waals surface area contributed by atoms with Crippen molar-refractivity contribution >= 4 is 11.6 Å². The van der Waals surface area contributed by atoms with Gasteiger partial charge >= 0.3 is 0 Å². The summed E-state index contributed by atoms with van der Waals surface area (Å²) in [7, 11) is 1.62. The van der Waals surface area contributed by atoms with Crippen molar-refractivity contribution in [2.45, 2.75) is 6.10 Å². The van der Waals surface area contributed by atoms with Crippen molar-refractivity contribution in [3.63, 3.8) is 0 Å². The standard InChI is InChI=1S/C7H7ClO/c1-9-7-5-3-2-4-6(7)8/h2,4-5,7H,1H3. The number of hydrogen-bond donors (Lipinski definition) is 0. The third kappa shape index (κ3) is 1.46. The molecule has 1 aliphatic rings. The Morgan fingerprint density at radius 3 is 3.00 bits per heavy atom. The highest BCUT2D eigenvalue weighted by molar-refractivity contribution is 6.30. The predicted octanol–water partition coefficient (Wildman–Crippen LogP) is 1.85. The van der Waals surface area contributed by atoms with Gasteiger partial charge in [-0.1, -0.05) is 11.6 Å². The SMILES string of the molecule is COC1C=C=CC=C1Cl. The summed E-state index contributed by atoms with van der Waals surface area (Å²) in [4.78, 5) is 0. The van der Waals surface area contributed by atoms with E-state index in [1.807, 2.05) is 0 Å². The van der Waals surface area contributed by atoms with Crippen molar-refractivity contribution in [3.05, 3.63) is 29.0 Å². The zero-order chi connectivity index (χ0) is 6.69. The van der Waals surface area contributed by atoms with E-state index < -0.39 is 0 Å². The van der Waals surface area contributed by atoms with E-state index in [0.717, 1.165) is 0 Å². The number of allylic oxidation sites excluding steroid dienone is 1. The maximum Gasteiger partial charge on any atom is 0.118 e.